The van der Waals surface area contributed by atoms with Crippen molar-refractivity contribution in [2.45, 2.75) is 0 Å². The topological polar surface area (TPSA) is 61.0 Å². The fourth-order valence-electron chi connectivity index (χ4n) is 1.70. The van der Waals surface area contributed by atoms with Crippen molar-refractivity contribution >= 4 is 12.2 Å². The molecule has 0 unspecified atom stereocenters. The molecule has 0 bridgehead atoms. The maximum atomic E-state index is 11.3. The maximum Gasteiger partial charge on any atom is 0.271 e. The Morgan fingerprint density at radius 1 is 1.25 bits per heavy atom. The Morgan fingerprint density at radius 3 is 2.88 bits per heavy atom. The summed E-state index contributed by atoms with van der Waals surface area (Å²) in [6.45, 7) is 0. The highest BCUT2D eigenvalue weighted by molar-refractivity contribution is 5.64. The lowest BCUT2D eigenvalue weighted by Gasteiger charge is -1.85. The Hall–Kier alpha value is -2.36. The number of para-hydroxylation sites is 1. The second kappa shape index (κ2) is 3.34. The number of hydrogen-bond donors (Lipinski definition) is 2. The van der Waals surface area contributed by atoms with Crippen molar-refractivity contribution in [1.29, 1.82) is 0 Å². The molecule has 1 aromatic carbocycles. The number of benzene rings is 1. The third kappa shape index (κ3) is 1.40. The number of nitrogens with one attached hydrogen (secondary N) is 2. The molecule has 78 valence electrons. The van der Waals surface area contributed by atoms with Crippen LogP contribution in [0.3, 0.4) is 0 Å². The number of nitrogens with zero attached hydrogens (tertiary/aromatic N) is 1. The quantitative estimate of drug-likeness (QED) is 0.693. The summed E-state index contributed by atoms with van der Waals surface area (Å²) >= 11 is 0. The largest absolute Gasteiger partial charge is 0.305 e. The van der Waals surface area contributed by atoms with E-state index in [9.17, 15) is 4.79 Å². The lowest BCUT2D eigenvalue weighted by Crippen LogP contribution is -2.19. The van der Waals surface area contributed by atoms with Crippen LogP contribution in [0.25, 0.3) is 12.2 Å². The molecule has 4 nitrogen and oxygen atoms in total. The zero-order chi connectivity index (χ0) is 11.0. The number of hydrogen-bond acceptors (Lipinski definition) is 2. The van der Waals surface area contributed by atoms with Crippen LogP contribution in [0.15, 0.2) is 45.9 Å². The number of allylic oxidation sites excluding steroid dienone is 1. The predicted molar refractivity (Wildman–Crippen MR) is 61.1 cm³/mol. The van der Waals surface area contributed by atoms with Gasteiger partial charge >= 0.3 is 0 Å². The van der Waals surface area contributed by atoms with E-state index in [1.807, 2.05) is 30.3 Å². The van der Waals surface area contributed by atoms with Crippen molar-refractivity contribution in [2.75, 3.05) is 0 Å². The maximum absolute atomic E-state index is 11.3. The molecule has 0 saturated carbocycles. The number of fused-ring (bicyclic) bond motifs is 1. The van der Waals surface area contributed by atoms with Crippen LogP contribution < -0.4 is 16.1 Å². The number of rotatable bonds is 1. The Balaban J connectivity index is 2.14. The zero-order valence-electron chi connectivity index (χ0n) is 8.40. The molecular weight excluding hydrogens is 202 g/mol. The highest BCUT2D eigenvalue weighted by atomic mass is 16.1. The molecule has 0 fully saturated rings. The number of aromatic nitrogens is 2. The molecule has 2 aromatic rings. The van der Waals surface area contributed by atoms with Gasteiger partial charge in [0.05, 0.1) is 16.6 Å². The summed E-state index contributed by atoms with van der Waals surface area (Å²) < 4.78 is 0. The molecule has 0 atom stereocenters. The van der Waals surface area contributed by atoms with Crippen molar-refractivity contribution < 1.29 is 0 Å². The Labute approximate surface area is 90.7 Å². The van der Waals surface area contributed by atoms with Crippen LogP contribution in [0.1, 0.15) is 5.56 Å². The minimum atomic E-state index is -0.132. The van der Waals surface area contributed by atoms with E-state index >= 15 is 0 Å². The minimum absolute atomic E-state index is 0.132. The summed E-state index contributed by atoms with van der Waals surface area (Å²) in [5.74, 6) is 0. The first-order valence-corrected chi connectivity index (χ1v) is 4.96. The molecule has 1 aromatic heterocycles. The summed E-state index contributed by atoms with van der Waals surface area (Å²) in [5, 5.41) is 7.17. The molecule has 2 heterocycles. The van der Waals surface area contributed by atoms with Crippen LogP contribution in [0.5, 0.6) is 0 Å². The molecule has 0 spiro atoms. The van der Waals surface area contributed by atoms with Gasteiger partial charge in [-0.25, -0.2) is 4.99 Å². The molecule has 3 rings (SSSR count). The van der Waals surface area contributed by atoms with Crippen LogP contribution in [-0.2, 0) is 0 Å². The monoisotopic (exact) mass is 211 g/mol. The lowest BCUT2D eigenvalue weighted by atomic mass is 10.2. The van der Waals surface area contributed by atoms with Crippen LogP contribution in [0.4, 0.5) is 0 Å². The van der Waals surface area contributed by atoms with Gasteiger partial charge in [-0.2, -0.15) is 0 Å². The molecule has 1 aliphatic rings. The first-order valence-electron chi connectivity index (χ1n) is 4.96. The van der Waals surface area contributed by atoms with Crippen molar-refractivity contribution in [3.8, 4) is 0 Å². The van der Waals surface area contributed by atoms with Gasteiger partial charge in [0.25, 0.3) is 5.56 Å². The summed E-state index contributed by atoms with van der Waals surface area (Å²) in [4.78, 5) is 15.7. The fraction of sp³-hybridized carbons (Fsp3) is 0. The summed E-state index contributed by atoms with van der Waals surface area (Å²) in [6.07, 6.45) is 5.35. The van der Waals surface area contributed by atoms with E-state index in [0.29, 0.717) is 5.56 Å². The molecule has 0 amide bonds. The summed E-state index contributed by atoms with van der Waals surface area (Å²) in [7, 11) is 0. The molecular formula is C12H9N3O. The van der Waals surface area contributed by atoms with Crippen LogP contribution >= 0.6 is 0 Å². The second-order valence-electron chi connectivity index (χ2n) is 3.58. The summed E-state index contributed by atoms with van der Waals surface area (Å²) in [5.41, 5.74) is 1.25. The fourth-order valence-corrected chi connectivity index (χ4v) is 1.70. The van der Waals surface area contributed by atoms with E-state index in [1.54, 1.807) is 12.3 Å². The van der Waals surface area contributed by atoms with Gasteiger partial charge in [0.1, 0.15) is 0 Å². The predicted octanol–water partition coefficient (Wildman–Crippen LogP) is 0.158. The Bertz CT molecular complexity index is 697. The Kier molecular flexibility index (Phi) is 1.86. The van der Waals surface area contributed by atoms with Gasteiger partial charge in [-0.05, 0) is 18.2 Å². The highest BCUT2D eigenvalue weighted by Crippen LogP contribution is 2.05. The second-order valence-corrected chi connectivity index (χ2v) is 3.58. The van der Waals surface area contributed by atoms with Gasteiger partial charge < -0.3 is 5.10 Å². The van der Waals surface area contributed by atoms with Gasteiger partial charge in [0.2, 0.25) is 0 Å². The van der Waals surface area contributed by atoms with E-state index in [2.05, 4.69) is 15.2 Å². The first kappa shape index (κ1) is 8.91. The molecule has 0 radical (unpaired) electrons. The standard InChI is InChI=1S/C12H9N3O/c16-12-9(7-13-15-12)6-10-5-8-3-1-2-4-11(8)14-10/h1-7H,(H2,13,15,16). The third-order valence-corrected chi connectivity index (χ3v) is 2.47. The van der Waals surface area contributed by atoms with Crippen molar-refractivity contribution in [3.05, 3.63) is 62.7 Å². The van der Waals surface area contributed by atoms with Gasteiger partial charge in [-0.1, -0.05) is 18.2 Å². The molecule has 0 aliphatic carbocycles. The summed E-state index contributed by atoms with van der Waals surface area (Å²) in [6, 6.07) is 7.87. The van der Waals surface area contributed by atoms with E-state index in [1.165, 1.54) is 0 Å². The Morgan fingerprint density at radius 2 is 2.12 bits per heavy atom. The lowest BCUT2D eigenvalue weighted by molar-refractivity contribution is 1.06. The normalized spacial score (nSPS) is 15.6. The number of aromatic amines is 2. The molecule has 16 heavy (non-hydrogen) atoms. The van der Waals surface area contributed by atoms with Gasteiger partial charge in [0.15, 0.2) is 0 Å². The van der Waals surface area contributed by atoms with E-state index in [0.717, 1.165) is 16.3 Å². The number of H-pyrrole nitrogens is 2. The molecule has 2 N–H and O–H groups in total. The highest BCUT2D eigenvalue weighted by Gasteiger charge is 2.02. The van der Waals surface area contributed by atoms with Crippen LogP contribution in [0.2, 0.25) is 0 Å². The first-order chi connectivity index (χ1) is 7.83. The van der Waals surface area contributed by atoms with E-state index in [-0.39, 0.29) is 5.56 Å². The SMILES string of the molecule is O=c1[nH][nH]cc1C=C1C=c2ccccc2=N1. The average molecular weight is 211 g/mol. The van der Waals surface area contributed by atoms with Gasteiger partial charge in [-0.15, -0.1) is 0 Å². The van der Waals surface area contributed by atoms with Gasteiger partial charge in [-0.3, -0.25) is 9.89 Å². The van der Waals surface area contributed by atoms with Crippen molar-refractivity contribution in [1.82, 2.24) is 10.2 Å². The average Bonchev–Trinajstić information content (AvgIpc) is 2.85. The van der Waals surface area contributed by atoms with Crippen LogP contribution in [-0.4, -0.2) is 10.2 Å². The molecule has 1 aliphatic heterocycles. The molecule has 0 saturated heterocycles. The zero-order valence-corrected chi connectivity index (χ0v) is 8.40. The smallest absolute Gasteiger partial charge is 0.271 e. The third-order valence-electron chi connectivity index (χ3n) is 2.47. The van der Waals surface area contributed by atoms with Crippen molar-refractivity contribution in [2.24, 2.45) is 4.99 Å². The van der Waals surface area contributed by atoms with E-state index in [4.69, 9.17) is 0 Å². The minimum Gasteiger partial charge on any atom is -0.305 e. The van der Waals surface area contributed by atoms with Crippen molar-refractivity contribution in [3.63, 3.8) is 0 Å². The van der Waals surface area contributed by atoms with E-state index < -0.39 is 0 Å². The molecule has 4 heteroatoms. The van der Waals surface area contributed by atoms with Gasteiger partial charge in [0, 0.05) is 11.4 Å². The van der Waals surface area contributed by atoms with Crippen LogP contribution in [0, 0.1) is 0 Å².